The highest BCUT2D eigenvalue weighted by Crippen LogP contribution is 2.45. The predicted octanol–water partition coefficient (Wildman–Crippen LogP) is 3.08. The van der Waals surface area contributed by atoms with Crippen molar-refractivity contribution in [3.63, 3.8) is 0 Å². The first kappa shape index (κ1) is 18.4. The van der Waals surface area contributed by atoms with Crippen LogP contribution in [0.15, 0.2) is 29.4 Å². The van der Waals surface area contributed by atoms with Gasteiger partial charge in [0, 0.05) is 25.8 Å². The molecule has 1 aliphatic carbocycles. The Balaban J connectivity index is 0.00000182. The van der Waals surface area contributed by atoms with E-state index in [1.54, 1.807) is 0 Å². The number of rotatable bonds is 3. The van der Waals surface area contributed by atoms with Gasteiger partial charge in [0.2, 0.25) is 0 Å². The summed E-state index contributed by atoms with van der Waals surface area (Å²) in [6.07, 6.45) is 8.87. The molecule has 0 radical (unpaired) electrons. The molecule has 1 saturated heterocycles. The Morgan fingerprint density at radius 2 is 2.08 bits per heavy atom. The van der Waals surface area contributed by atoms with Gasteiger partial charge in [0.1, 0.15) is 6.54 Å². The summed E-state index contributed by atoms with van der Waals surface area (Å²) < 4.78 is 2.01. The number of hydrogen-bond donors (Lipinski definition) is 1. The van der Waals surface area contributed by atoms with Crippen LogP contribution in [0, 0.1) is 5.41 Å². The highest BCUT2D eigenvalue weighted by molar-refractivity contribution is 14.0. The number of nitrogens with one attached hydrogen (secondary N) is 1. The molecule has 2 fully saturated rings. The van der Waals surface area contributed by atoms with Gasteiger partial charge in [0.25, 0.3) is 0 Å². The standard InChI is InChI=1S/C18H26N6.HI/c1-2-19-17(23-12-10-18(14-23)8-4-5-9-18)20-13-16-22-21-15-7-3-6-11-24(15)16;/h3,6-7,11H,2,4-5,8-10,12-14H2,1H3,(H,19,20);1H. The van der Waals surface area contributed by atoms with Gasteiger partial charge < -0.3 is 10.2 Å². The number of nitrogens with zero attached hydrogens (tertiary/aromatic N) is 5. The maximum absolute atomic E-state index is 4.85. The molecule has 6 nitrogen and oxygen atoms in total. The van der Waals surface area contributed by atoms with Gasteiger partial charge in [-0.25, -0.2) is 4.99 Å². The van der Waals surface area contributed by atoms with Crippen LogP contribution in [0.25, 0.3) is 5.65 Å². The second kappa shape index (κ2) is 7.88. The van der Waals surface area contributed by atoms with Crippen LogP contribution in [0.2, 0.25) is 0 Å². The number of likely N-dealkylation sites (tertiary alicyclic amines) is 1. The maximum atomic E-state index is 4.85. The number of fused-ring (bicyclic) bond motifs is 1. The van der Waals surface area contributed by atoms with E-state index in [0.29, 0.717) is 12.0 Å². The van der Waals surface area contributed by atoms with Gasteiger partial charge in [0.05, 0.1) is 0 Å². The molecule has 3 heterocycles. The van der Waals surface area contributed by atoms with E-state index in [-0.39, 0.29) is 24.0 Å². The van der Waals surface area contributed by atoms with E-state index in [1.165, 1.54) is 32.1 Å². The molecule has 2 aromatic heterocycles. The third-order valence-electron chi connectivity index (χ3n) is 5.49. The smallest absolute Gasteiger partial charge is 0.194 e. The minimum atomic E-state index is 0. The Morgan fingerprint density at radius 1 is 1.24 bits per heavy atom. The van der Waals surface area contributed by atoms with Crippen molar-refractivity contribution in [2.24, 2.45) is 10.4 Å². The number of guanidine groups is 1. The molecule has 1 saturated carbocycles. The van der Waals surface area contributed by atoms with Gasteiger partial charge in [-0.2, -0.15) is 0 Å². The quantitative estimate of drug-likeness (QED) is 0.440. The minimum Gasteiger partial charge on any atom is -0.357 e. The lowest BCUT2D eigenvalue weighted by atomic mass is 9.86. The topological polar surface area (TPSA) is 57.8 Å². The molecule has 0 amide bonds. The largest absolute Gasteiger partial charge is 0.357 e. The molecule has 25 heavy (non-hydrogen) atoms. The van der Waals surface area contributed by atoms with Crippen LogP contribution in [0.1, 0.15) is 44.9 Å². The lowest BCUT2D eigenvalue weighted by Gasteiger charge is -2.25. The highest BCUT2D eigenvalue weighted by atomic mass is 127. The Bertz CT molecular complexity index is 734. The van der Waals surface area contributed by atoms with Gasteiger partial charge in [-0.05, 0) is 43.7 Å². The summed E-state index contributed by atoms with van der Waals surface area (Å²) in [5.41, 5.74) is 1.43. The summed E-state index contributed by atoms with van der Waals surface area (Å²) in [5.74, 6) is 1.91. The fourth-order valence-corrected chi connectivity index (χ4v) is 4.22. The zero-order valence-corrected chi connectivity index (χ0v) is 17.1. The Kier molecular flexibility index (Phi) is 5.81. The Labute approximate surface area is 166 Å². The molecule has 1 N–H and O–H groups in total. The first-order valence-corrected chi connectivity index (χ1v) is 9.12. The molecular weight excluding hydrogens is 427 g/mol. The lowest BCUT2D eigenvalue weighted by molar-refractivity contribution is 0.309. The van der Waals surface area contributed by atoms with Gasteiger partial charge in [-0.1, -0.05) is 18.9 Å². The molecule has 7 heteroatoms. The number of hydrogen-bond acceptors (Lipinski definition) is 3. The zero-order valence-electron chi connectivity index (χ0n) is 14.8. The van der Waals surface area contributed by atoms with Crippen LogP contribution >= 0.6 is 24.0 Å². The first-order chi connectivity index (χ1) is 11.8. The fraction of sp³-hybridized carbons (Fsp3) is 0.611. The monoisotopic (exact) mass is 454 g/mol. The van der Waals surface area contributed by atoms with E-state index in [0.717, 1.165) is 37.1 Å². The Hall–Kier alpha value is -1.38. The van der Waals surface area contributed by atoms with E-state index in [2.05, 4.69) is 27.3 Å². The van der Waals surface area contributed by atoms with Crippen LogP contribution in [0.4, 0.5) is 0 Å². The van der Waals surface area contributed by atoms with Crippen molar-refractivity contribution >= 4 is 35.6 Å². The van der Waals surface area contributed by atoms with E-state index in [1.807, 2.05) is 28.8 Å². The lowest BCUT2D eigenvalue weighted by Crippen LogP contribution is -2.41. The third kappa shape index (κ3) is 3.75. The molecule has 0 unspecified atom stereocenters. The number of aromatic nitrogens is 3. The third-order valence-corrected chi connectivity index (χ3v) is 5.49. The van der Waals surface area contributed by atoms with Crippen molar-refractivity contribution in [3.8, 4) is 0 Å². The molecule has 0 atom stereocenters. The number of pyridine rings is 1. The van der Waals surface area contributed by atoms with Crippen molar-refractivity contribution in [3.05, 3.63) is 30.2 Å². The van der Waals surface area contributed by atoms with Crippen molar-refractivity contribution < 1.29 is 0 Å². The first-order valence-electron chi connectivity index (χ1n) is 9.12. The highest BCUT2D eigenvalue weighted by Gasteiger charge is 2.41. The normalized spacial score (nSPS) is 19.6. The Morgan fingerprint density at radius 3 is 2.88 bits per heavy atom. The van der Waals surface area contributed by atoms with Gasteiger partial charge >= 0.3 is 0 Å². The number of aliphatic imine (C=N–C) groups is 1. The van der Waals surface area contributed by atoms with E-state index < -0.39 is 0 Å². The van der Waals surface area contributed by atoms with Gasteiger partial charge in [-0.3, -0.25) is 4.40 Å². The maximum Gasteiger partial charge on any atom is 0.194 e. The summed E-state index contributed by atoms with van der Waals surface area (Å²) in [6, 6.07) is 5.95. The molecule has 4 rings (SSSR count). The average molecular weight is 454 g/mol. The summed E-state index contributed by atoms with van der Waals surface area (Å²) in [4.78, 5) is 7.29. The average Bonchev–Trinajstić information content (AvgIpc) is 3.33. The van der Waals surface area contributed by atoms with Gasteiger partial charge in [-0.15, -0.1) is 34.2 Å². The minimum absolute atomic E-state index is 0. The summed E-state index contributed by atoms with van der Waals surface area (Å²) >= 11 is 0. The van der Waals surface area contributed by atoms with Crippen LogP contribution in [-0.4, -0.2) is 45.1 Å². The van der Waals surface area contributed by atoms with Crippen LogP contribution in [-0.2, 0) is 6.54 Å². The van der Waals surface area contributed by atoms with Crippen LogP contribution in [0.3, 0.4) is 0 Å². The molecule has 0 bridgehead atoms. The zero-order chi connectivity index (χ0) is 16.4. The van der Waals surface area contributed by atoms with Crippen molar-refractivity contribution in [2.45, 2.75) is 45.6 Å². The van der Waals surface area contributed by atoms with Crippen LogP contribution in [0.5, 0.6) is 0 Å². The molecular formula is C18H27IN6. The molecule has 136 valence electrons. The summed E-state index contributed by atoms with van der Waals surface area (Å²) in [6.45, 7) is 5.84. The predicted molar refractivity (Wildman–Crippen MR) is 110 cm³/mol. The molecule has 2 aromatic rings. The summed E-state index contributed by atoms with van der Waals surface area (Å²) in [7, 11) is 0. The van der Waals surface area contributed by atoms with Crippen molar-refractivity contribution in [1.82, 2.24) is 24.8 Å². The van der Waals surface area contributed by atoms with Crippen molar-refractivity contribution in [1.29, 1.82) is 0 Å². The van der Waals surface area contributed by atoms with E-state index in [9.17, 15) is 0 Å². The second-order valence-corrected chi connectivity index (χ2v) is 7.09. The van der Waals surface area contributed by atoms with E-state index >= 15 is 0 Å². The van der Waals surface area contributed by atoms with Gasteiger partial charge in [0.15, 0.2) is 17.4 Å². The summed E-state index contributed by atoms with van der Waals surface area (Å²) in [5, 5.41) is 12.0. The molecule has 2 aliphatic rings. The molecule has 1 aliphatic heterocycles. The SMILES string of the molecule is CCNC(=NCc1nnc2ccccn12)N1CCC2(CCCC2)C1.I. The molecule has 0 aromatic carbocycles. The van der Waals surface area contributed by atoms with Crippen LogP contribution < -0.4 is 5.32 Å². The fourth-order valence-electron chi connectivity index (χ4n) is 4.22. The van der Waals surface area contributed by atoms with E-state index in [4.69, 9.17) is 4.99 Å². The second-order valence-electron chi connectivity index (χ2n) is 7.09. The molecule has 1 spiro atoms. The van der Waals surface area contributed by atoms with Crippen molar-refractivity contribution in [2.75, 3.05) is 19.6 Å². The number of halogens is 1.